The van der Waals surface area contributed by atoms with Gasteiger partial charge in [0, 0.05) is 17.4 Å². The summed E-state index contributed by atoms with van der Waals surface area (Å²) in [6.45, 7) is 0.289. The maximum absolute atomic E-state index is 12.3. The molecule has 0 saturated heterocycles. The van der Waals surface area contributed by atoms with Gasteiger partial charge in [0.25, 0.3) is 5.56 Å². The number of ketones is 1. The third kappa shape index (κ3) is 2.74. The summed E-state index contributed by atoms with van der Waals surface area (Å²) >= 11 is 0. The third-order valence-electron chi connectivity index (χ3n) is 3.41. The summed E-state index contributed by atoms with van der Waals surface area (Å²) in [4.78, 5) is 24.3. The summed E-state index contributed by atoms with van der Waals surface area (Å²) in [7, 11) is 0. The fraction of sp³-hybridized carbons (Fsp3) is 0.118. The average Bonchev–Trinajstić information content (AvgIpc) is 2.55. The van der Waals surface area contributed by atoms with Gasteiger partial charge in [-0.25, -0.2) is 4.68 Å². The van der Waals surface area contributed by atoms with Crippen LogP contribution in [0.2, 0.25) is 0 Å². The summed E-state index contributed by atoms with van der Waals surface area (Å²) in [6.07, 6.45) is 1.92. The summed E-state index contributed by atoms with van der Waals surface area (Å²) in [5, 5.41) is 5.56. The van der Waals surface area contributed by atoms with E-state index in [-0.39, 0.29) is 24.3 Å². The van der Waals surface area contributed by atoms with E-state index in [0.29, 0.717) is 10.9 Å². The summed E-state index contributed by atoms with van der Waals surface area (Å²) in [6, 6.07) is 16.4. The van der Waals surface area contributed by atoms with Crippen molar-refractivity contribution in [3.63, 3.8) is 0 Å². The van der Waals surface area contributed by atoms with Crippen molar-refractivity contribution >= 4 is 16.6 Å². The molecule has 0 bridgehead atoms. The first kappa shape index (κ1) is 13.2. The van der Waals surface area contributed by atoms with Gasteiger partial charge in [-0.1, -0.05) is 48.5 Å². The van der Waals surface area contributed by atoms with Gasteiger partial charge in [-0.05, 0) is 6.07 Å². The topological polar surface area (TPSA) is 52.0 Å². The smallest absolute Gasteiger partial charge is 0.274 e. The zero-order chi connectivity index (χ0) is 14.7. The van der Waals surface area contributed by atoms with Gasteiger partial charge >= 0.3 is 0 Å². The lowest BCUT2D eigenvalue weighted by molar-refractivity contribution is 0.0975. The van der Waals surface area contributed by atoms with Crippen LogP contribution in [-0.2, 0) is 6.54 Å². The molecule has 0 spiro atoms. The molecule has 1 heterocycles. The molecule has 0 atom stereocenters. The first-order valence-electron chi connectivity index (χ1n) is 6.79. The molecule has 0 radical (unpaired) electrons. The van der Waals surface area contributed by atoms with Crippen LogP contribution >= 0.6 is 0 Å². The second-order valence-electron chi connectivity index (χ2n) is 4.80. The van der Waals surface area contributed by atoms with Gasteiger partial charge in [-0.2, -0.15) is 5.10 Å². The zero-order valence-electron chi connectivity index (χ0n) is 11.4. The second-order valence-corrected chi connectivity index (χ2v) is 4.80. The quantitative estimate of drug-likeness (QED) is 0.689. The SMILES string of the molecule is O=C(CCn1ncc2ccccc2c1=O)c1ccccc1. The number of aromatic nitrogens is 2. The first-order valence-corrected chi connectivity index (χ1v) is 6.79. The molecule has 3 aromatic rings. The fourth-order valence-corrected chi connectivity index (χ4v) is 2.26. The van der Waals surface area contributed by atoms with Crippen molar-refractivity contribution in [1.29, 1.82) is 0 Å². The Morgan fingerprint density at radius 2 is 1.71 bits per heavy atom. The molecule has 0 unspecified atom stereocenters. The Labute approximate surface area is 121 Å². The minimum atomic E-state index is -0.158. The number of Topliss-reactive ketones (excluding diaryl/α,β-unsaturated/α-hetero) is 1. The Kier molecular flexibility index (Phi) is 3.60. The molecule has 0 aliphatic heterocycles. The highest BCUT2D eigenvalue weighted by atomic mass is 16.1. The molecular formula is C17H14N2O2. The molecular weight excluding hydrogens is 264 g/mol. The van der Waals surface area contributed by atoms with E-state index in [0.717, 1.165) is 5.39 Å². The fourth-order valence-electron chi connectivity index (χ4n) is 2.26. The predicted octanol–water partition coefficient (Wildman–Crippen LogP) is 2.67. The highest BCUT2D eigenvalue weighted by molar-refractivity contribution is 5.95. The predicted molar refractivity (Wildman–Crippen MR) is 81.4 cm³/mol. The lowest BCUT2D eigenvalue weighted by Crippen LogP contribution is -2.24. The van der Waals surface area contributed by atoms with Gasteiger partial charge in [0.1, 0.15) is 0 Å². The van der Waals surface area contributed by atoms with Gasteiger partial charge < -0.3 is 0 Å². The molecule has 21 heavy (non-hydrogen) atoms. The van der Waals surface area contributed by atoms with Crippen molar-refractivity contribution in [2.45, 2.75) is 13.0 Å². The van der Waals surface area contributed by atoms with E-state index < -0.39 is 0 Å². The minimum Gasteiger partial charge on any atom is -0.294 e. The van der Waals surface area contributed by atoms with Crippen LogP contribution in [0.4, 0.5) is 0 Å². The minimum absolute atomic E-state index is 0.0115. The van der Waals surface area contributed by atoms with E-state index >= 15 is 0 Å². The van der Waals surface area contributed by atoms with E-state index in [1.165, 1.54) is 4.68 Å². The molecule has 0 aliphatic carbocycles. The van der Waals surface area contributed by atoms with Crippen molar-refractivity contribution in [3.05, 3.63) is 76.7 Å². The molecule has 0 amide bonds. The number of rotatable bonds is 4. The largest absolute Gasteiger partial charge is 0.294 e. The molecule has 4 nitrogen and oxygen atoms in total. The first-order chi connectivity index (χ1) is 10.3. The van der Waals surface area contributed by atoms with Crippen molar-refractivity contribution < 1.29 is 4.79 Å². The lowest BCUT2D eigenvalue weighted by Gasteiger charge is -2.05. The van der Waals surface area contributed by atoms with Crippen LogP contribution in [0.5, 0.6) is 0 Å². The van der Waals surface area contributed by atoms with E-state index in [1.54, 1.807) is 24.4 Å². The standard InChI is InChI=1S/C17H14N2O2/c20-16(13-6-2-1-3-7-13)10-11-19-17(21)15-9-5-4-8-14(15)12-18-19/h1-9,12H,10-11H2. The highest BCUT2D eigenvalue weighted by Crippen LogP contribution is 2.07. The van der Waals surface area contributed by atoms with Gasteiger partial charge in [-0.15, -0.1) is 0 Å². The van der Waals surface area contributed by atoms with Crippen LogP contribution in [0.25, 0.3) is 10.8 Å². The average molecular weight is 278 g/mol. The second kappa shape index (κ2) is 5.71. The monoisotopic (exact) mass is 278 g/mol. The molecule has 1 aromatic heterocycles. The number of hydrogen-bond donors (Lipinski definition) is 0. The molecule has 0 N–H and O–H groups in total. The van der Waals surface area contributed by atoms with Gasteiger partial charge in [-0.3, -0.25) is 9.59 Å². The van der Waals surface area contributed by atoms with Crippen LogP contribution in [0.15, 0.2) is 65.6 Å². The Hall–Kier alpha value is -2.75. The number of hydrogen-bond acceptors (Lipinski definition) is 3. The number of aryl methyl sites for hydroxylation is 1. The number of fused-ring (bicyclic) bond motifs is 1. The molecule has 2 aromatic carbocycles. The third-order valence-corrected chi connectivity index (χ3v) is 3.41. The number of carbonyl (C=O) groups is 1. The van der Waals surface area contributed by atoms with Crippen molar-refractivity contribution in [3.8, 4) is 0 Å². The van der Waals surface area contributed by atoms with Gasteiger partial charge in [0.15, 0.2) is 5.78 Å². The zero-order valence-corrected chi connectivity index (χ0v) is 11.4. The number of nitrogens with zero attached hydrogens (tertiary/aromatic N) is 2. The molecule has 0 fully saturated rings. The summed E-state index contributed by atoms with van der Waals surface area (Å²) in [5.74, 6) is 0.0115. The molecule has 3 rings (SSSR count). The number of benzene rings is 2. The Morgan fingerprint density at radius 3 is 2.52 bits per heavy atom. The maximum Gasteiger partial charge on any atom is 0.274 e. The lowest BCUT2D eigenvalue weighted by atomic mass is 10.1. The molecule has 0 saturated carbocycles. The van der Waals surface area contributed by atoms with Crippen LogP contribution in [0, 0.1) is 0 Å². The highest BCUT2D eigenvalue weighted by Gasteiger charge is 2.08. The Balaban J connectivity index is 1.81. The van der Waals surface area contributed by atoms with Crippen molar-refractivity contribution in [1.82, 2.24) is 9.78 Å². The summed E-state index contributed by atoms with van der Waals surface area (Å²) < 4.78 is 1.35. The van der Waals surface area contributed by atoms with Crippen LogP contribution in [0.1, 0.15) is 16.8 Å². The van der Waals surface area contributed by atoms with Gasteiger partial charge in [0.05, 0.1) is 18.1 Å². The van der Waals surface area contributed by atoms with E-state index in [1.807, 2.05) is 36.4 Å². The van der Waals surface area contributed by atoms with Gasteiger partial charge in [0.2, 0.25) is 0 Å². The van der Waals surface area contributed by atoms with Crippen LogP contribution < -0.4 is 5.56 Å². The van der Waals surface area contributed by atoms with E-state index in [2.05, 4.69) is 5.10 Å². The van der Waals surface area contributed by atoms with Crippen LogP contribution in [-0.4, -0.2) is 15.6 Å². The maximum atomic E-state index is 12.3. The molecule has 0 aliphatic rings. The number of carbonyl (C=O) groups excluding carboxylic acids is 1. The van der Waals surface area contributed by atoms with Crippen LogP contribution in [0.3, 0.4) is 0 Å². The van der Waals surface area contributed by atoms with Crippen molar-refractivity contribution in [2.75, 3.05) is 0 Å². The molecule has 4 heteroatoms. The summed E-state index contributed by atoms with van der Waals surface area (Å²) in [5.41, 5.74) is 0.500. The van der Waals surface area contributed by atoms with E-state index in [9.17, 15) is 9.59 Å². The molecule has 104 valence electrons. The van der Waals surface area contributed by atoms with E-state index in [4.69, 9.17) is 0 Å². The Morgan fingerprint density at radius 1 is 1.00 bits per heavy atom. The van der Waals surface area contributed by atoms with Crippen molar-refractivity contribution in [2.24, 2.45) is 0 Å². The Bertz CT molecular complexity index is 838. The normalized spacial score (nSPS) is 10.7.